The fourth-order valence-electron chi connectivity index (χ4n) is 3.11. The van der Waals surface area contributed by atoms with E-state index in [1.807, 2.05) is 0 Å². The number of allylic oxidation sites excluding steroid dienone is 2. The summed E-state index contributed by atoms with van der Waals surface area (Å²) in [5.74, 6) is -1.29. The van der Waals surface area contributed by atoms with E-state index in [0.717, 1.165) is 96.2 Å². The molecule has 0 amide bonds. The first-order chi connectivity index (χ1) is 13.1. The van der Waals surface area contributed by atoms with Gasteiger partial charge in [-0.1, -0.05) is 57.1 Å². The van der Waals surface area contributed by atoms with Crippen molar-refractivity contribution in [2.45, 2.75) is 103 Å². The monoisotopic (exact) mass is 382 g/mol. The van der Waals surface area contributed by atoms with Crippen molar-refractivity contribution in [1.29, 1.82) is 0 Å². The van der Waals surface area contributed by atoms with Gasteiger partial charge in [-0.2, -0.15) is 0 Å². The van der Waals surface area contributed by atoms with Crippen molar-refractivity contribution in [3.05, 3.63) is 12.2 Å². The van der Waals surface area contributed by atoms with Crippen molar-refractivity contribution in [3.63, 3.8) is 0 Å². The summed E-state index contributed by atoms with van der Waals surface area (Å²) >= 11 is 0. The van der Waals surface area contributed by atoms with E-state index in [9.17, 15) is 14.4 Å². The summed E-state index contributed by atoms with van der Waals surface area (Å²) in [7, 11) is 0. The third-order valence-electron chi connectivity index (χ3n) is 4.79. The highest BCUT2D eigenvalue weighted by Gasteiger charge is 2.06. The Kier molecular flexibility index (Phi) is 18.0. The van der Waals surface area contributed by atoms with Gasteiger partial charge in [-0.05, 0) is 44.9 Å². The molecule has 27 heavy (non-hydrogen) atoms. The average Bonchev–Trinajstić information content (AvgIpc) is 2.63. The van der Waals surface area contributed by atoms with E-state index in [4.69, 9.17) is 10.2 Å². The van der Waals surface area contributed by atoms with Crippen LogP contribution in [0.4, 0.5) is 0 Å². The molecule has 0 radical (unpaired) electrons. The van der Waals surface area contributed by atoms with Crippen LogP contribution < -0.4 is 0 Å². The lowest BCUT2D eigenvalue weighted by atomic mass is 9.97. The predicted octanol–water partition coefficient (Wildman–Crippen LogP) is 5.77. The highest BCUT2D eigenvalue weighted by Crippen LogP contribution is 2.16. The quantitative estimate of drug-likeness (QED) is 0.158. The maximum Gasteiger partial charge on any atom is 0.303 e. The zero-order valence-corrected chi connectivity index (χ0v) is 16.7. The molecular formula is C22H38O5. The molecule has 2 N–H and O–H groups in total. The van der Waals surface area contributed by atoms with Gasteiger partial charge < -0.3 is 15.0 Å². The minimum atomic E-state index is -0.722. The summed E-state index contributed by atoms with van der Waals surface area (Å²) < 4.78 is 0. The average molecular weight is 383 g/mol. The Balaban J connectivity index is 3.45. The first-order valence-electron chi connectivity index (χ1n) is 10.6. The first kappa shape index (κ1) is 25.4. The topological polar surface area (TPSA) is 91.7 Å². The Morgan fingerprint density at radius 1 is 0.630 bits per heavy atom. The van der Waals surface area contributed by atoms with Gasteiger partial charge in [0.1, 0.15) is 6.29 Å². The third-order valence-corrected chi connectivity index (χ3v) is 4.79. The minimum Gasteiger partial charge on any atom is -0.481 e. The van der Waals surface area contributed by atoms with Crippen LogP contribution in [0.1, 0.15) is 103 Å². The van der Waals surface area contributed by atoms with Gasteiger partial charge >= 0.3 is 11.9 Å². The van der Waals surface area contributed by atoms with Crippen LogP contribution in [0, 0.1) is 5.92 Å². The zero-order valence-electron chi connectivity index (χ0n) is 16.7. The zero-order chi connectivity index (χ0) is 20.2. The number of carboxylic acids is 2. The molecule has 0 aromatic rings. The second-order valence-electron chi connectivity index (χ2n) is 7.35. The van der Waals surface area contributed by atoms with Crippen molar-refractivity contribution < 1.29 is 24.6 Å². The molecule has 0 saturated carbocycles. The molecule has 0 aliphatic heterocycles. The van der Waals surface area contributed by atoms with E-state index < -0.39 is 11.9 Å². The third kappa shape index (κ3) is 20.5. The van der Waals surface area contributed by atoms with E-state index in [1.165, 1.54) is 0 Å². The second-order valence-corrected chi connectivity index (χ2v) is 7.35. The van der Waals surface area contributed by atoms with Gasteiger partial charge in [0.2, 0.25) is 0 Å². The van der Waals surface area contributed by atoms with E-state index in [-0.39, 0.29) is 18.8 Å². The minimum absolute atomic E-state index is 0.142. The maximum atomic E-state index is 11.2. The molecule has 0 aromatic carbocycles. The summed E-state index contributed by atoms with van der Waals surface area (Å²) in [5.41, 5.74) is 0. The van der Waals surface area contributed by atoms with Crippen LogP contribution in [0.5, 0.6) is 0 Å². The van der Waals surface area contributed by atoms with Gasteiger partial charge in [0.05, 0.1) is 0 Å². The van der Waals surface area contributed by atoms with Crippen molar-refractivity contribution in [3.8, 4) is 0 Å². The molecule has 0 heterocycles. The van der Waals surface area contributed by atoms with Crippen molar-refractivity contribution in [2.75, 3.05) is 0 Å². The second kappa shape index (κ2) is 19.1. The van der Waals surface area contributed by atoms with Gasteiger partial charge in [-0.25, -0.2) is 0 Å². The lowest BCUT2D eigenvalue weighted by Gasteiger charge is -2.08. The Morgan fingerprint density at radius 3 is 1.67 bits per heavy atom. The molecule has 1 atom stereocenters. The molecule has 0 fully saturated rings. The van der Waals surface area contributed by atoms with Crippen LogP contribution in [-0.4, -0.2) is 28.4 Å². The Morgan fingerprint density at radius 2 is 1.11 bits per heavy atom. The normalized spacial score (nSPS) is 12.3. The number of carbonyl (C=O) groups excluding carboxylic acids is 1. The molecule has 0 bridgehead atoms. The number of hydrogen-bond acceptors (Lipinski definition) is 3. The van der Waals surface area contributed by atoms with Crippen LogP contribution in [0.3, 0.4) is 0 Å². The smallest absolute Gasteiger partial charge is 0.303 e. The highest BCUT2D eigenvalue weighted by molar-refractivity contribution is 5.66. The van der Waals surface area contributed by atoms with Crippen molar-refractivity contribution >= 4 is 18.2 Å². The summed E-state index contributed by atoms with van der Waals surface area (Å²) in [6.07, 6.45) is 19.9. The number of carbonyl (C=O) groups is 3. The summed E-state index contributed by atoms with van der Waals surface area (Å²) in [6, 6.07) is 0. The van der Waals surface area contributed by atoms with Crippen molar-refractivity contribution in [2.24, 2.45) is 5.92 Å². The number of hydrogen-bond donors (Lipinski definition) is 2. The van der Waals surface area contributed by atoms with E-state index >= 15 is 0 Å². The molecule has 156 valence electrons. The Labute approximate surface area is 164 Å². The van der Waals surface area contributed by atoms with Gasteiger partial charge in [0.25, 0.3) is 0 Å². The fourth-order valence-corrected chi connectivity index (χ4v) is 3.11. The largest absolute Gasteiger partial charge is 0.481 e. The van der Waals surface area contributed by atoms with Crippen molar-refractivity contribution in [1.82, 2.24) is 0 Å². The number of aliphatic carboxylic acids is 2. The van der Waals surface area contributed by atoms with E-state index in [2.05, 4.69) is 12.2 Å². The molecule has 5 heteroatoms. The van der Waals surface area contributed by atoms with Gasteiger partial charge in [0, 0.05) is 18.8 Å². The number of carboxylic acid groups (broad SMARTS) is 2. The molecule has 0 aromatic heterocycles. The van der Waals surface area contributed by atoms with Gasteiger partial charge in [-0.15, -0.1) is 0 Å². The molecular weight excluding hydrogens is 344 g/mol. The molecule has 0 spiro atoms. The molecule has 0 rings (SSSR count). The highest BCUT2D eigenvalue weighted by atomic mass is 16.4. The molecule has 5 nitrogen and oxygen atoms in total. The fraction of sp³-hybridized carbons (Fsp3) is 0.773. The molecule has 0 aliphatic rings. The lowest BCUT2D eigenvalue weighted by Crippen LogP contribution is -2.01. The van der Waals surface area contributed by atoms with Crippen LogP contribution >= 0.6 is 0 Å². The first-order valence-corrected chi connectivity index (χ1v) is 10.6. The van der Waals surface area contributed by atoms with E-state index in [1.54, 1.807) is 0 Å². The molecule has 1 unspecified atom stereocenters. The van der Waals surface area contributed by atoms with E-state index in [0.29, 0.717) is 0 Å². The molecule has 0 saturated heterocycles. The van der Waals surface area contributed by atoms with Crippen LogP contribution in [0.25, 0.3) is 0 Å². The number of aldehydes is 1. The van der Waals surface area contributed by atoms with Gasteiger partial charge in [-0.3, -0.25) is 9.59 Å². The number of unbranched alkanes of at least 4 members (excludes halogenated alkanes) is 9. The standard InChI is InChI=1S/C22H38O5/c23-19-20(16-12-8-6-10-14-18-22(26)27)15-11-7-4-2-1-3-5-9-13-17-21(24)25/h4,7,19-20H,1-3,5-6,8-18H2,(H,24,25)(H,26,27)/b7-4+. The van der Waals surface area contributed by atoms with Crippen LogP contribution in [0.15, 0.2) is 12.2 Å². The number of rotatable bonds is 20. The maximum absolute atomic E-state index is 11.2. The summed E-state index contributed by atoms with van der Waals surface area (Å²) in [4.78, 5) is 32.0. The Bertz CT molecular complexity index is 417. The Hall–Kier alpha value is -1.65. The van der Waals surface area contributed by atoms with Crippen LogP contribution in [0.2, 0.25) is 0 Å². The van der Waals surface area contributed by atoms with Crippen LogP contribution in [-0.2, 0) is 14.4 Å². The lowest BCUT2D eigenvalue weighted by molar-refractivity contribution is -0.138. The molecule has 0 aliphatic carbocycles. The van der Waals surface area contributed by atoms with Gasteiger partial charge in [0.15, 0.2) is 0 Å². The SMILES string of the molecule is O=CC(CC/C=C/CCCCCCCC(=O)O)CCCCCCCC(=O)O. The summed E-state index contributed by atoms with van der Waals surface area (Å²) in [6.45, 7) is 0. The summed E-state index contributed by atoms with van der Waals surface area (Å²) in [5, 5.41) is 17.1. The predicted molar refractivity (Wildman–Crippen MR) is 108 cm³/mol.